The molecule has 10 atom stereocenters. The third-order valence-electron chi connectivity index (χ3n) is 12.9. The van der Waals surface area contributed by atoms with Gasteiger partial charge in [0.05, 0.1) is 31.3 Å². The Morgan fingerprint density at radius 2 is 0.978 bits per heavy atom. The SMILES string of the molecule is CC1NC(CCCCCCCCCCC2CC(CCCCCCCCCCC3CCC(O)C(C)N3)C3CCC[NH+]3C2)CCC1O. The van der Waals surface area contributed by atoms with Crippen molar-refractivity contribution in [2.45, 2.75) is 230 Å². The molecule has 0 aromatic rings. The fraction of sp³-hybridized carbons (Fsp3) is 1.00. The maximum Gasteiger partial charge on any atom is 0.0905 e. The molecule has 4 rings (SSSR count). The van der Waals surface area contributed by atoms with Gasteiger partial charge in [-0.2, -0.15) is 0 Å². The number of aliphatic hydroxyl groups is 2. The van der Waals surface area contributed by atoms with Crippen molar-refractivity contribution in [1.82, 2.24) is 10.6 Å². The monoisotopic (exact) mass is 633 g/mol. The van der Waals surface area contributed by atoms with E-state index in [9.17, 15) is 10.2 Å². The minimum Gasteiger partial charge on any atom is -0.392 e. The van der Waals surface area contributed by atoms with E-state index in [1.807, 2.05) is 4.90 Å². The van der Waals surface area contributed by atoms with Crippen molar-refractivity contribution in [1.29, 1.82) is 0 Å². The number of nitrogens with one attached hydrogen (secondary N) is 3. The summed E-state index contributed by atoms with van der Waals surface area (Å²) in [4.78, 5) is 2.00. The lowest BCUT2D eigenvalue weighted by Gasteiger charge is -2.38. The van der Waals surface area contributed by atoms with Gasteiger partial charge in [-0.1, -0.05) is 103 Å². The van der Waals surface area contributed by atoms with Crippen molar-refractivity contribution in [3.63, 3.8) is 0 Å². The van der Waals surface area contributed by atoms with Gasteiger partial charge in [0.2, 0.25) is 0 Å². The molecule has 10 unspecified atom stereocenters. The second-order valence-electron chi connectivity index (χ2n) is 16.6. The number of quaternary nitrogens is 1. The molecule has 0 spiro atoms. The summed E-state index contributed by atoms with van der Waals surface area (Å²) in [5.41, 5.74) is 0. The standard InChI is InChI=1S/C40H77N3O2/c1-32-39(44)27-25-36(41-32)22-17-13-9-5-3-7-11-15-20-34-30-35(38-24-19-29-43(38)31-34)21-16-12-8-4-6-10-14-18-23-37-26-28-40(45)33(2)42-37/h32-42,44-45H,3-31H2,1-2H3/p+1. The van der Waals surface area contributed by atoms with Crippen LogP contribution in [0, 0.1) is 11.8 Å². The molecule has 0 bridgehead atoms. The molecule has 4 aliphatic rings. The molecule has 4 aliphatic heterocycles. The average molecular weight is 633 g/mol. The zero-order valence-electron chi connectivity index (χ0n) is 30.1. The lowest BCUT2D eigenvalue weighted by atomic mass is 9.78. The predicted octanol–water partition coefficient (Wildman–Crippen LogP) is 7.47. The van der Waals surface area contributed by atoms with Gasteiger partial charge in [-0.25, -0.2) is 0 Å². The molecule has 264 valence electrons. The van der Waals surface area contributed by atoms with Crippen LogP contribution in [0.2, 0.25) is 0 Å². The van der Waals surface area contributed by atoms with Gasteiger partial charge in [0.25, 0.3) is 0 Å². The molecule has 0 radical (unpaired) electrons. The first-order valence-electron chi connectivity index (χ1n) is 20.7. The molecule has 45 heavy (non-hydrogen) atoms. The van der Waals surface area contributed by atoms with Gasteiger partial charge in [0.1, 0.15) is 0 Å². The van der Waals surface area contributed by atoms with Gasteiger partial charge >= 0.3 is 0 Å². The molecule has 0 aliphatic carbocycles. The Balaban J connectivity index is 0.944. The first-order chi connectivity index (χ1) is 22.0. The summed E-state index contributed by atoms with van der Waals surface area (Å²) < 4.78 is 0. The highest BCUT2D eigenvalue weighted by atomic mass is 16.3. The quantitative estimate of drug-likeness (QED) is 0.0804. The van der Waals surface area contributed by atoms with E-state index in [4.69, 9.17) is 0 Å². The van der Waals surface area contributed by atoms with Crippen molar-refractivity contribution in [2.24, 2.45) is 11.8 Å². The van der Waals surface area contributed by atoms with Crippen LogP contribution in [0.5, 0.6) is 0 Å². The van der Waals surface area contributed by atoms with E-state index in [2.05, 4.69) is 24.5 Å². The largest absolute Gasteiger partial charge is 0.392 e. The van der Waals surface area contributed by atoms with Crippen molar-refractivity contribution >= 4 is 0 Å². The summed E-state index contributed by atoms with van der Waals surface area (Å²) in [6, 6.07) is 2.85. The highest BCUT2D eigenvalue weighted by molar-refractivity contribution is 4.85. The first kappa shape index (κ1) is 37.6. The van der Waals surface area contributed by atoms with Gasteiger partial charge in [-0.15, -0.1) is 0 Å². The van der Waals surface area contributed by atoms with E-state index in [0.29, 0.717) is 12.1 Å². The normalized spacial score (nSPS) is 35.5. The van der Waals surface area contributed by atoms with Gasteiger partial charge in [0, 0.05) is 48.8 Å². The number of unbranched alkanes of at least 4 members (excludes halogenated alkanes) is 14. The summed E-state index contributed by atoms with van der Waals surface area (Å²) >= 11 is 0. The molecule has 4 fully saturated rings. The third-order valence-corrected chi connectivity index (χ3v) is 12.9. The molecule has 4 saturated heterocycles. The van der Waals surface area contributed by atoms with Gasteiger partial charge in [0.15, 0.2) is 0 Å². The molecule has 5 nitrogen and oxygen atoms in total. The minimum absolute atomic E-state index is 0.137. The van der Waals surface area contributed by atoms with Crippen molar-refractivity contribution in [3.8, 4) is 0 Å². The molecule has 5 heteroatoms. The second kappa shape index (κ2) is 21.7. The van der Waals surface area contributed by atoms with Crippen LogP contribution in [0.25, 0.3) is 0 Å². The molecule has 0 saturated carbocycles. The number of hydrogen-bond donors (Lipinski definition) is 5. The summed E-state index contributed by atoms with van der Waals surface area (Å²) in [5.74, 6) is 2.03. The summed E-state index contributed by atoms with van der Waals surface area (Å²) in [6.45, 7) is 7.22. The lowest BCUT2D eigenvalue weighted by molar-refractivity contribution is -0.925. The average Bonchev–Trinajstić information content (AvgIpc) is 3.51. The zero-order chi connectivity index (χ0) is 31.7. The lowest BCUT2D eigenvalue weighted by Crippen LogP contribution is -3.16. The van der Waals surface area contributed by atoms with Crippen molar-refractivity contribution in [2.75, 3.05) is 13.1 Å². The molecular formula is C40H78N3O2+. The number of piperidine rings is 3. The maximum atomic E-state index is 9.89. The molecule has 0 amide bonds. The first-order valence-corrected chi connectivity index (χ1v) is 20.7. The Bertz CT molecular complexity index is 751. The van der Waals surface area contributed by atoms with E-state index in [1.54, 1.807) is 6.42 Å². The van der Waals surface area contributed by atoms with Crippen LogP contribution in [-0.4, -0.2) is 65.7 Å². The van der Waals surface area contributed by atoms with Crippen LogP contribution in [0.3, 0.4) is 0 Å². The Morgan fingerprint density at radius 3 is 1.47 bits per heavy atom. The minimum atomic E-state index is -0.137. The smallest absolute Gasteiger partial charge is 0.0905 e. The second-order valence-corrected chi connectivity index (χ2v) is 16.6. The van der Waals surface area contributed by atoms with Crippen LogP contribution in [0.4, 0.5) is 0 Å². The Morgan fingerprint density at radius 1 is 0.533 bits per heavy atom. The molecular weight excluding hydrogens is 554 g/mol. The van der Waals surface area contributed by atoms with E-state index >= 15 is 0 Å². The van der Waals surface area contributed by atoms with Crippen molar-refractivity contribution < 1.29 is 15.1 Å². The molecule has 0 aromatic heterocycles. The summed E-state index contributed by atoms with van der Waals surface area (Å²) in [7, 11) is 0. The summed E-state index contributed by atoms with van der Waals surface area (Å²) in [6.07, 6.45) is 37.1. The van der Waals surface area contributed by atoms with Crippen LogP contribution in [0.15, 0.2) is 0 Å². The maximum absolute atomic E-state index is 9.89. The van der Waals surface area contributed by atoms with E-state index < -0.39 is 0 Å². The van der Waals surface area contributed by atoms with Gasteiger partial charge < -0.3 is 25.7 Å². The highest BCUT2D eigenvalue weighted by Gasteiger charge is 2.41. The third kappa shape index (κ3) is 14.1. The van der Waals surface area contributed by atoms with Crippen molar-refractivity contribution in [3.05, 3.63) is 0 Å². The van der Waals surface area contributed by atoms with E-state index in [1.165, 1.54) is 154 Å². The fourth-order valence-corrected chi connectivity index (χ4v) is 9.92. The molecule has 4 heterocycles. The van der Waals surface area contributed by atoms with Crippen LogP contribution < -0.4 is 15.5 Å². The number of hydrogen-bond acceptors (Lipinski definition) is 4. The Labute approximate surface area is 279 Å². The molecule has 0 aromatic carbocycles. The Kier molecular flexibility index (Phi) is 18.1. The topological polar surface area (TPSA) is 69.0 Å². The van der Waals surface area contributed by atoms with Crippen LogP contribution >= 0.6 is 0 Å². The zero-order valence-corrected chi connectivity index (χ0v) is 30.1. The van der Waals surface area contributed by atoms with E-state index in [-0.39, 0.29) is 24.3 Å². The number of rotatable bonds is 22. The van der Waals surface area contributed by atoms with Gasteiger partial charge in [-0.05, 0) is 71.6 Å². The van der Waals surface area contributed by atoms with E-state index in [0.717, 1.165) is 43.6 Å². The summed E-state index contributed by atoms with van der Waals surface area (Å²) in [5, 5.41) is 27.0. The Hall–Kier alpha value is -0.200. The van der Waals surface area contributed by atoms with Crippen LogP contribution in [0.1, 0.15) is 187 Å². The number of fused-ring (bicyclic) bond motifs is 1. The number of aliphatic hydroxyl groups excluding tert-OH is 2. The molecule has 5 N–H and O–H groups in total. The highest BCUT2D eigenvalue weighted by Crippen LogP contribution is 2.31. The van der Waals surface area contributed by atoms with Gasteiger partial charge in [-0.3, -0.25) is 0 Å². The predicted molar refractivity (Wildman–Crippen MR) is 191 cm³/mol. The van der Waals surface area contributed by atoms with Crippen LogP contribution in [-0.2, 0) is 0 Å². The fourth-order valence-electron chi connectivity index (χ4n) is 9.92.